The fraction of sp³-hybridized carbons (Fsp3) is 0.286. The van der Waals surface area contributed by atoms with Crippen molar-refractivity contribution in [2.45, 2.75) is 6.42 Å². The number of rotatable bonds is 2. The van der Waals surface area contributed by atoms with Crippen LogP contribution in [0.25, 0.3) is 0 Å². The molecule has 2 aliphatic heterocycles. The highest BCUT2D eigenvalue weighted by atomic mass is 19.1. The van der Waals surface area contributed by atoms with E-state index < -0.39 is 5.82 Å². The molecule has 96 valence electrons. The number of allylic oxidation sites excluding steroid dienone is 1. The summed E-state index contributed by atoms with van der Waals surface area (Å²) in [4.78, 5) is 6.26. The summed E-state index contributed by atoms with van der Waals surface area (Å²) >= 11 is 0. The van der Waals surface area contributed by atoms with Crippen molar-refractivity contribution in [3.63, 3.8) is 0 Å². The Bertz CT molecular complexity index is 616. The number of ether oxygens (including phenoxy) is 1. The molecule has 0 unspecified atom stereocenters. The van der Waals surface area contributed by atoms with Crippen LogP contribution >= 0.6 is 0 Å². The van der Waals surface area contributed by atoms with Crippen molar-refractivity contribution in [1.82, 2.24) is 0 Å². The zero-order valence-corrected chi connectivity index (χ0v) is 10.3. The molecule has 1 aromatic rings. The van der Waals surface area contributed by atoms with E-state index in [4.69, 9.17) is 10.00 Å². The van der Waals surface area contributed by atoms with Crippen molar-refractivity contribution < 1.29 is 9.13 Å². The van der Waals surface area contributed by atoms with Gasteiger partial charge in [-0.25, -0.2) is 4.39 Å². The van der Waals surface area contributed by atoms with Crippen molar-refractivity contribution in [2.75, 3.05) is 24.6 Å². The highest BCUT2D eigenvalue weighted by Crippen LogP contribution is 2.35. The maximum absolute atomic E-state index is 13.9. The number of hydrogen-bond acceptors (Lipinski definition) is 4. The van der Waals surface area contributed by atoms with Crippen molar-refractivity contribution in [3.05, 3.63) is 35.3 Å². The number of anilines is 1. The van der Waals surface area contributed by atoms with Gasteiger partial charge in [-0.2, -0.15) is 5.26 Å². The van der Waals surface area contributed by atoms with E-state index in [1.807, 2.05) is 23.3 Å². The Morgan fingerprint density at radius 3 is 3.11 bits per heavy atom. The lowest BCUT2D eigenvalue weighted by Gasteiger charge is -2.31. The summed E-state index contributed by atoms with van der Waals surface area (Å²) in [5, 5.41) is 8.92. The number of nitriles is 1. The quantitative estimate of drug-likeness (QED) is 0.816. The number of aliphatic imine (C=N–C) groups is 1. The molecule has 0 fully saturated rings. The van der Waals surface area contributed by atoms with Gasteiger partial charge in [-0.05, 0) is 12.1 Å². The minimum Gasteiger partial charge on any atom is -0.486 e. The minimum atomic E-state index is -0.484. The van der Waals surface area contributed by atoms with Crippen LogP contribution in [-0.2, 0) is 0 Å². The summed E-state index contributed by atoms with van der Waals surface area (Å²) in [7, 11) is 0. The van der Waals surface area contributed by atoms with Crippen LogP contribution in [0.3, 0.4) is 0 Å². The molecule has 0 aliphatic carbocycles. The molecular weight excluding hydrogens is 245 g/mol. The highest BCUT2D eigenvalue weighted by molar-refractivity contribution is 5.67. The smallest absolute Gasteiger partial charge is 0.178 e. The number of halogens is 1. The van der Waals surface area contributed by atoms with Gasteiger partial charge in [0.2, 0.25) is 0 Å². The first-order valence-corrected chi connectivity index (χ1v) is 6.11. The molecule has 0 radical (unpaired) electrons. The number of fused-ring (bicyclic) bond motifs is 1. The van der Waals surface area contributed by atoms with Gasteiger partial charge in [0.05, 0.1) is 36.1 Å². The average molecular weight is 257 g/mol. The summed E-state index contributed by atoms with van der Waals surface area (Å²) in [6, 6.07) is 4.83. The Morgan fingerprint density at radius 2 is 2.37 bits per heavy atom. The van der Waals surface area contributed by atoms with Crippen LogP contribution in [0.15, 0.2) is 28.9 Å². The highest BCUT2D eigenvalue weighted by Gasteiger charge is 2.23. The number of nitrogens with zero attached hydrogens (tertiary/aromatic N) is 3. The van der Waals surface area contributed by atoms with E-state index in [9.17, 15) is 4.39 Å². The first kappa shape index (κ1) is 11.7. The van der Waals surface area contributed by atoms with Crippen molar-refractivity contribution in [2.24, 2.45) is 4.99 Å². The summed E-state index contributed by atoms with van der Waals surface area (Å²) < 4.78 is 19.2. The molecule has 0 amide bonds. The second-order valence-corrected chi connectivity index (χ2v) is 4.43. The molecule has 0 bridgehead atoms. The van der Waals surface area contributed by atoms with Gasteiger partial charge in [0, 0.05) is 12.6 Å². The van der Waals surface area contributed by atoms with Crippen molar-refractivity contribution >= 4 is 11.9 Å². The molecule has 5 heteroatoms. The first-order chi connectivity index (χ1) is 9.28. The molecule has 0 N–H and O–H groups in total. The monoisotopic (exact) mass is 257 g/mol. The lowest BCUT2D eigenvalue weighted by atomic mass is 10.1. The van der Waals surface area contributed by atoms with Crippen LogP contribution < -0.4 is 9.64 Å². The average Bonchev–Trinajstić information content (AvgIpc) is 2.92. The Morgan fingerprint density at radius 1 is 1.47 bits per heavy atom. The molecule has 0 saturated heterocycles. The summed E-state index contributed by atoms with van der Waals surface area (Å²) in [5.74, 6) is -0.254. The predicted molar refractivity (Wildman–Crippen MR) is 70.0 cm³/mol. The van der Waals surface area contributed by atoms with Gasteiger partial charge in [0.15, 0.2) is 11.6 Å². The molecule has 4 nitrogen and oxygen atoms in total. The van der Waals surface area contributed by atoms with E-state index in [2.05, 4.69) is 4.99 Å². The molecule has 2 aliphatic rings. The van der Waals surface area contributed by atoms with Gasteiger partial charge in [0.1, 0.15) is 6.61 Å². The van der Waals surface area contributed by atoms with E-state index in [1.165, 1.54) is 6.07 Å². The van der Waals surface area contributed by atoms with Gasteiger partial charge in [-0.3, -0.25) is 4.99 Å². The Hall–Kier alpha value is -2.35. The largest absolute Gasteiger partial charge is 0.486 e. The van der Waals surface area contributed by atoms with E-state index in [0.29, 0.717) is 30.9 Å². The third kappa shape index (κ3) is 2.17. The van der Waals surface area contributed by atoms with Crippen LogP contribution in [-0.4, -0.2) is 25.9 Å². The third-order valence-corrected chi connectivity index (χ3v) is 3.17. The molecule has 19 heavy (non-hydrogen) atoms. The Kier molecular flexibility index (Phi) is 2.92. The fourth-order valence-corrected chi connectivity index (χ4v) is 2.28. The van der Waals surface area contributed by atoms with Gasteiger partial charge in [-0.1, -0.05) is 6.08 Å². The standard InChI is InChI=1S/C14H12FN3O/c15-12-6-10(8-16)7-13-14(12)19-5-4-18(13)9-11-2-1-3-17-11/h2-3,6-7H,1,4-5,9H2. The second kappa shape index (κ2) is 4.73. The molecule has 0 atom stereocenters. The van der Waals surface area contributed by atoms with Crippen LogP contribution in [0.1, 0.15) is 12.0 Å². The zero-order chi connectivity index (χ0) is 13.2. The van der Waals surface area contributed by atoms with Gasteiger partial charge in [0.25, 0.3) is 0 Å². The van der Waals surface area contributed by atoms with Crippen LogP contribution in [0.5, 0.6) is 5.75 Å². The number of benzene rings is 1. The molecule has 1 aromatic carbocycles. The van der Waals surface area contributed by atoms with Gasteiger partial charge >= 0.3 is 0 Å². The molecule has 0 saturated carbocycles. The lowest BCUT2D eigenvalue weighted by molar-refractivity contribution is 0.293. The summed E-state index contributed by atoms with van der Waals surface area (Å²) in [6.07, 6.45) is 4.74. The molecular formula is C14H12FN3O. The summed E-state index contributed by atoms with van der Waals surface area (Å²) in [5.41, 5.74) is 1.90. The number of hydrogen-bond donors (Lipinski definition) is 0. The Balaban J connectivity index is 1.96. The maximum Gasteiger partial charge on any atom is 0.178 e. The second-order valence-electron chi connectivity index (χ2n) is 4.43. The van der Waals surface area contributed by atoms with Crippen LogP contribution in [0.2, 0.25) is 0 Å². The SMILES string of the molecule is N#Cc1cc(F)c2c(c1)N(CC1=CCC=N1)CCO2. The van der Waals surface area contributed by atoms with E-state index in [-0.39, 0.29) is 5.75 Å². The lowest BCUT2D eigenvalue weighted by Crippen LogP contribution is -2.34. The van der Waals surface area contributed by atoms with Gasteiger partial charge < -0.3 is 9.64 Å². The predicted octanol–water partition coefficient (Wildman–Crippen LogP) is 2.25. The van der Waals surface area contributed by atoms with E-state index in [1.54, 1.807) is 6.07 Å². The van der Waals surface area contributed by atoms with Crippen molar-refractivity contribution in [3.8, 4) is 11.8 Å². The zero-order valence-electron chi connectivity index (χ0n) is 10.3. The molecule has 0 spiro atoms. The first-order valence-electron chi connectivity index (χ1n) is 6.11. The van der Waals surface area contributed by atoms with E-state index >= 15 is 0 Å². The topological polar surface area (TPSA) is 48.6 Å². The Labute approximate surface area is 110 Å². The fourth-order valence-electron chi connectivity index (χ4n) is 2.28. The third-order valence-electron chi connectivity index (χ3n) is 3.17. The maximum atomic E-state index is 13.9. The molecule has 2 heterocycles. The van der Waals surface area contributed by atoms with Gasteiger partial charge in [-0.15, -0.1) is 0 Å². The normalized spacial score (nSPS) is 16.6. The van der Waals surface area contributed by atoms with Crippen molar-refractivity contribution in [1.29, 1.82) is 5.26 Å². The summed E-state index contributed by atoms with van der Waals surface area (Å²) in [6.45, 7) is 1.71. The van der Waals surface area contributed by atoms with Crippen LogP contribution in [0, 0.1) is 17.1 Å². The minimum absolute atomic E-state index is 0.229. The van der Waals surface area contributed by atoms with Crippen LogP contribution in [0.4, 0.5) is 10.1 Å². The van der Waals surface area contributed by atoms with E-state index in [0.717, 1.165) is 12.1 Å². The molecule has 0 aromatic heterocycles. The molecule has 3 rings (SSSR count).